The topological polar surface area (TPSA) is 99.5 Å². The zero-order valence-corrected chi connectivity index (χ0v) is 23.4. The first-order valence-corrected chi connectivity index (χ1v) is 14.2. The normalized spacial score (nSPS) is 22.7. The third-order valence-corrected chi connectivity index (χ3v) is 8.90. The first kappa shape index (κ1) is 26.4. The summed E-state index contributed by atoms with van der Waals surface area (Å²) in [7, 11) is 0. The number of ether oxygens (including phenoxy) is 1. The molecule has 3 aliphatic rings. The molecule has 0 unspecified atom stereocenters. The van der Waals surface area contributed by atoms with Crippen molar-refractivity contribution in [3.8, 4) is 11.8 Å². The molecule has 1 N–H and O–H groups in total. The number of carbonyl (C=O) groups is 3. The van der Waals surface area contributed by atoms with Crippen molar-refractivity contribution >= 4 is 29.2 Å². The van der Waals surface area contributed by atoms with E-state index >= 15 is 0 Å². The highest BCUT2D eigenvalue weighted by Crippen LogP contribution is 2.62. The number of para-hydroxylation sites is 2. The van der Waals surface area contributed by atoms with Crippen LogP contribution in [-0.2, 0) is 10.2 Å². The van der Waals surface area contributed by atoms with Crippen LogP contribution < -0.4 is 10.1 Å². The maximum Gasteiger partial charge on any atom is 0.238 e. The number of hydrogen-bond acceptors (Lipinski definition) is 6. The Morgan fingerprint density at radius 1 is 0.930 bits per heavy atom. The summed E-state index contributed by atoms with van der Waals surface area (Å²) in [5, 5.41) is 12.2. The standard InChI is InChI=1S/C36H27N3O4/c1-22-14-16-24(17-15-22)32(40)30-31(33(41)26-10-4-7-13-29(26)43-21-19-37)39-20-18-23-8-2-3-9-25(23)34(39)36(30)27-11-5-6-12-28(27)38-35(36)42/h2-18,20,30-31,34H,21H2,1H3,(H,38,42)/t30-,31+,34-,36+/m0/s1. The summed E-state index contributed by atoms with van der Waals surface area (Å²) < 4.78 is 5.66. The monoisotopic (exact) mass is 565 g/mol. The van der Waals surface area contributed by atoms with Crippen LogP contribution >= 0.6 is 0 Å². The van der Waals surface area contributed by atoms with Gasteiger partial charge in [0.2, 0.25) is 5.91 Å². The van der Waals surface area contributed by atoms with Gasteiger partial charge < -0.3 is 15.0 Å². The van der Waals surface area contributed by atoms with Gasteiger partial charge in [-0.15, -0.1) is 0 Å². The summed E-state index contributed by atoms with van der Waals surface area (Å²) in [5.74, 6) is -1.80. The Hall–Kier alpha value is -5.48. The number of benzene rings is 4. The Bertz CT molecular complexity index is 1870. The Kier molecular flexibility index (Phi) is 6.21. The molecule has 0 radical (unpaired) electrons. The highest BCUT2D eigenvalue weighted by molar-refractivity contribution is 6.17. The van der Waals surface area contributed by atoms with Gasteiger partial charge in [-0.05, 0) is 47.9 Å². The van der Waals surface area contributed by atoms with E-state index in [0.717, 1.165) is 16.7 Å². The molecule has 1 fully saturated rings. The molecule has 0 bridgehead atoms. The first-order chi connectivity index (χ1) is 21.0. The Morgan fingerprint density at radius 2 is 1.65 bits per heavy atom. The number of carbonyl (C=O) groups excluding carboxylic acids is 3. The lowest BCUT2D eigenvalue weighted by Crippen LogP contribution is -2.49. The molecule has 1 saturated heterocycles. The number of ketones is 2. The summed E-state index contributed by atoms with van der Waals surface area (Å²) in [6, 6.07) is 29.5. The third-order valence-electron chi connectivity index (χ3n) is 8.90. The van der Waals surface area contributed by atoms with Crippen LogP contribution in [0.1, 0.15) is 49.0 Å². The van der Waals surface area contributed by atoms with Crippen LogP contribution in [-0.4, -0.2) is 35.0 Å². The van der Waals surface area contributed by atoms with E-state index in [1.54, 1.807) is 36.4 Å². The predicted octanol–water partition coefficient (Wildman–Crippen LogP) is 5.88. The van der Waals surface area contributed by atoms with Crippen molar-refractivity contribution in [2.45, 2.75) is 24.4 Å². The smallest absolute Gasteiger partial charge is 0.238 e. The molecule has 3 heterocycles. The molecule has 7 heteroatoms. The molecule has 0 aliphatic carbocycles. The highest BCUT2D eigenvalue weighted by atomic mass is 16.5. The zero-order valence-electron chi connectivity index (χ0n) is 23.4. The van der Waals surface area contributed by atoms with E-state index in [2.05, 4.69) is 5.32 Å². The van der Waals surface area contributed by atoms with Gasteiger partial charge in [0.25, 0.3) is 0 Å². The molecule has 7 rings (SSSR count). The van der Waals surface area contributed by atoms with Gasteiger partial charge in [0.1, 0.15) is 23.3 Å². The SMILES string of the molecule is Cc1ccc(C(=O)[C@@H]2[C@H](C(=O)c3ccccc3OCC#N)N3C=Cc4ccccc4[C@H]3[C@]23C(=O)Nc2ccccc23)cc1. The number of rotatable bonds is 6. The molecule has 1 spiro atoms. The maximum atomic E-state index is 14.9. The molecule has 0 saturated carbocycles. The molecular formula is C36H27N3O4. The molecule has 7 nitrogen and oxygen atoms in total. The number of anilines is 1. The Morgan fingerprint density at radius 3 is 2.47 bits per heavy atom. The van der Waals surface area contributed by atoms with E-state index in [0.29, 0.717) is 16.8 Å². The van der Waals surface area contributed by atoms with E-state index < -0.39 is 23.4 Å². The van der Waals surface area contributed by atoms with Crippen LogP contribution in [0.5, 0.6) is 5.75 Å². The van der Waals surface area contributed by atoms with Gasteiger partial charge in [0, 0.05) is 17.5 Å². The molecule has 43 heavy (non-hydrogen) atoms. The fourth-order valence-electron chi connectivity index (χ4n) is 7.13. The van der Waals surface area contributed by atoms with Crippen molar-refractivity contribution in [3.63, 3.8) is 0 Å². The third kappa shape index (κ3) is 3.84. The van der Waals surface area contributed by atoms with Crippen molar-refractivity contribution < 1.29 is 19.1 Å². The number of Topliss-reactive ketones (excluding diaryl/α,β-unsaturated/α-hetero) is 2. The summed E-state index contributed by atoms with van der Waals surface area (Å²) in [6.45, 7) is 1.71. The number of nitrogens with one attached hydrogen (secondary N) is 1. The van der Waals surface area contributed by atoms with Gasteiger partial charge in [-0.1, -0.05) is 84.4 Å². The Balaban J connectivity index is 1.52. The lowest BCUT2D eigenvalue weighted by atomic mass is 9.62. The van der Waals surface area contributed by atoms with E-state index in [-0.39, 0.29) is 35.4 Å². The predicted molar refractivity (Wildman–Crippen MR) is 161 cm³/mol. The molecular weight excluding hydrogens is 538 g/mol. The number of fused-ring (bicyclic) bond motifs is 6. The van der Waals surface area contributed by atoms with Crippen LogP contribution in [0, 0.1) is 24.2 Å². The van der Waals surface area contributed by atoms with Crippen molar-refractivity contribution in [1.82, 2.24) is 4.90 Å². The van der Waals surface area contributed by atoms with Crippen molar-refractivity contribution in [3.05, 3.63) is 137 Å². The molecule has 0 aromatic heterocycles. The lowest BCUT2D eigenvalue weighted by molar-refractivity contribution is -0.122. The van der Waals surface area contributed by atoms with Gasteiger partial charge >= 0.3 is 0 Å². The van der Waals surface area contributed by atoms with Crippen molar-refractivity contribution in [1.29, 1.82) is 5.26 Å². The van der Waals surface area contributed by atoms with Crippen LogP contribution in [0.2, 0.25) is 0 Å². The molecule has 3 aliphatic heterocycles. The lowest BCUT2D eigenvalue weighted by Gasteiger charge is -2.38. The molecule has 4 aromatic carbocycles. The maximum absolute atomic E-state index is 14.9. The minimum Gasteiger partial charge on any atom is -0.478 e. The minimum atomic E-state index is -1.41. The number of aryl methyl sites for hydroxylation is 1. The van der Waals surface area contributed by atoms with Crippen LogP contribution in [0.4, 0.5) is 5.69 Å². The minimum absolute atomic E-state index is 0.236. The summed E-state index contributed by atoms with van der Waals surface area (Å²) in [6.07, 6.45) is 3.77. The van der Waals surface area contributed by atoms with E-state index in [9.17, 15) is 19.6 Å². The largest absolute Gasteiger partial charge is 0.478 e. The van der Waals surface area contributed by atoms with Crippen molar-refractivity contribution in [2.75, 3.05) is 11.9 Å². The zero-order chi connectivity index (χ0) is 29.7. The average Bonchev–Trinajstić information content (AvgIpc) is 3.52. The fraction of sp³-hybridized carbons (Fsp3) is 0.167. The first-order valence-electron chi connectivity index (χ1n) is 14.2. The molecule has 4 aromatic rings. The van der Waals surface area contributed by atoms with Gasteiger partial charge in [0.15, 0.2) is 18.2 Å². The number of nitrogens with zero attached hydrogens (tertiary/aromatic N) is 2. The molecule has 1 amide bonds. The van der Waals surface area contributed by atoms with Gasteiger partial charge in [-0.25, -0.2) is 0 Å². The summed E-state index contributed by atoms with van der Waals surface area (Å²) >= 11 is 0. The average molecular weight is 566 g/mol. The Labute approximate surface area is 249 Å². The van der Waals surface area contributed by atoms with Crippen LogP contribution in [0.25, 0.3) is 6.08 Å². The van der Waals surface area contributed by atoms with Crippen molar-refractivity contribution in [2.24, 2.45) is 5.92 Å². The number of nitriles is 1. The number of amides is 1. The van der Waals surface area contributed by atoms with Gasteiger partial charge in [0.05, 0.1) is 17.5 Å². The van der Waals surface area contributed by atoms with Gasteiger partial charge in [-0.3, -0.25) is 14.4 Å². The second kappa shape index (κ2) is 10.1. The quantitative estimate of drug-likeness (QED) is 0.293. The van der Waals surface area contributed by atoms with E-state index in [1.807, 2.05) is 90.8 Å². The fourth-order valence-corrected chi connectivity index (χ4v) is 7.13. The van der Waals surface area contributed by atoms with E-state index in [1.165, 1.54) is 0 Å². The van der Waals surface area contributed by atoms with Gasteiger partial charge in [-0.2, -0.15) is 5.26 Å². The molecule has 210 valence electrons. The number of hydrogen-bond donors (Lipinski definition) is 1. The van der Waals surface area contributed by atoms with Crippen LogP contribution in [0.3, 0.4) is 0 Å². The second-order valence-electron chi connectivity index (χ2n) is 11.1. The molecule has 4 atom stereocenters. The highest BCUT2D eigenvalue weighted by Gasteiger charge is 2.70. The second-order valence-corrected chi connectivity index (χ2v) is 11.1. The summed E-state index contributed by atoms with van der Waals surface area (Å²) in [5.41, 5.74) is 3.36. The van der Waals surface area contributed by atoms with Crippen LogP contribution in [0.15, 0.2) is 103 Å². The summed E-state index contributed by atoms with van der Waals surface area (Å²) in [4.78, 5) is 46.2. The van der Waals surface area contributed by atoms with E-state index in [4.69, 9.17) is 4.74 Å².